The summed E-state index contributed by atoms with van der Waals surface area (Å²) in [7, 11) is -4.69. The van der Waals surface area contributed by atoms with Crippen molar-refractivity contribution in [3.63, 3.8) is 0 Å². The second kappa shape index (κ2) is 5.54. The molecule has 2 rings (SSSR count). The minimum atomic E-state index is -4.69. The summed E-state index contributed by atoms with van der Waals surface area (Å²) in [5, 5.41) is 0.636. The van der Waals surface area contributed by atoms with Crippen molar-refractivity contribution >= 4 is 28.1 Å². The van der Waals surface area contributed by atoms with E-state index in [1.54, 1.807) is 0 Å². The molecule has 0 bridgehead atoms. The van der Waals surface area contributed by atoms with E-state index in [2.05, 4.69) is 9.28 Å². The van der Waals surface area contributed by atoms with Crippen LogP contribution in [0.1, 0.15) is 0 Å². The highest BCUT2D eigenvalue weighted by Crippen LogP contribution is 2.19. The Morgan fingerprint density at radius 2 is 2.11 bits per heavy atom. The summed E-state index contributed by atoms with van der Waals surface area (Å²) in [5.41, 5.74) is 11.3. The zero-order chi connectivity index (χ0) is 14.0. The largest absolute Gasteiger partial charge is 0.418 e. The van der Waals surface area contributed by atoms with Crippen molar-refractivity contribution in [1.29, 1.82) is 0 Å². The summed E-state index contributed by atoms with van der Waals surface area (Å²) in [6.45, 7) is 1.64. The van der Waals surface area contributed by atoms with E-state index >= 15 is 0 Å². The number of hydroxylamine groups is 2. The quantitative estimate of drug-likeness (QED) is 0.534. The fraction of sp³-hybridized carbons (Fsp3) is 0.625. The van der Waals surface area contributed by atoms with Gasteiger partial charge in [-0.05, 0) is 6.08 Å². The lowest BCUT2D eigenvalue weighted by Gasteiger charge is -2.34. The van der Waals surface area contributed by atoms with E-state index in [9.17, 15) is 8.42 Å². The molecule has 1 fully saturated rings. The highest BCUT2D eigenvalue weighted by Gasteiger charge is 2.28. The molecule has 2 aliphatic heterocycles. The third kappa shape index (κ3) is 3.73. The number of rotatable bonds is 3. The van der Waals surface area contributed by atoms with E-state index < -0.39 is 16.6 Å². The van der Waals surface area contributed by atoms with Crippen molar-refractivity contribution in [3.8, 4) is 0 Å². The zero-order valence-corrected chi connectivity index (χ0v) is 11.6. The van der Waals surface area contributed by atoms with Gasteiger partial charge in [0.25, 0.3) is 0 Å². The number of aliphatic imine (C=N–C) groups is 1. The summed E-state index contributed by atoms with van der Waals surface area (Å²) in [4.78, 5) is 6.05. The van der Waals surface area contributed by atoms with Crippen LogP contribution in [-0.2, 0) is 14.7 Å². The molecule has 2 heterocycles. The molecule has 11 heteroatoms. The molecule has 0 aromatic rings. The van der Waals surface area contributed by atoms with Crippen LogP contribution in [0.3, 0.4) is 0 Å². The van der Waals surface area contributed by atoms with E-state index in [1.807, 2.05) is 16.7 Å². The van der Waals surface area contributed by atoms with E-state index in [-0.39, 0.29) is 5.96 Å². The molecule has 1 atom stereocenters. The maximum atomic E-state index is 10.7. The van der Waals surface area contributed by atoms with E-state index in [1.165, 1.54) is 6.08 Å². The van der Waals surface area contributed by atoms with Gasteiger partial charge in [0.15, 0.2) is 0 Å². The Labute approximate surface area is 115 Å². The third-order valence-corrected chi connectivity index (χ3v) is 3.85. The Bertz CT molecular complexity index is 499. The van der Waals surface area contributed by atoms with E-state index in [4.69, 9.17) is 16.0 Å². The molecule has 0 aliphatic carbocycles. The van der Waals surface area contributed by atoms with Gasteiger partial charge in [0.2, 0.25) is 5.96 Å². The maximum Gasteiger partial charge on any atom is 0.418 e. The molecule has 0 aromatic carbocycles. The van der Waals surface area contributed by atoms with Gasteiger partial charge in [-0.15, -0.1) is 4.28 Å². The molecule has 0 amide bonds. The fourth-order valence-corrected chi connectivity index (χ4v) is 3.02. The maximum absolute atomic E-state index is 10.7. The van der Waals surface area contributed by atoms with E-state index in [0.717, 1.165) is 24.6 Å². The van der Waals surface area contributed by atoms with Gasteiger partial charge in [-0.1, -0.05) is 0 Å². The topological polar surface area (TPSA) is 134 Å². The van der Waals surface area contributed by atoms with Crippen LogP contribution >= 0.6 is 11.8 Å². The van der Waals surface area contributed by atoms with Crippen LogP contribution in [0, 0.1) is 0 Å². The number of hydrogen-bond acceptors (Lipinski definition) is 9. The monoisotopic (exact) mass is 309 g/mol. The summed E-state index contributed by atoms with van der Waals surface area (Å²) in [5.74, 6) is 2.32. The van der Waals surface area contributed by atoms with Crippen LogP contribution in [0.2, 0.25) is 0 Å². The van der Waals surface area contributed by atoms with Gasteiger partial charge in [-0.25, -0.2) is 0 Å². The van der Waals surface area contributed by atoms with Gasteiger partial charge >= 0.3 is 10.4 Å². The highest BCUT2D eigenvalue weighted by molar-refractivity contribution is 7.99. The smallest absolute Gasteiger partial charge is 0.368 e. The Morgan fingerprint density at radius 3 is 2.63 bits per heavy atom. The summed E-state index contributed by atoms with van der Waals surface area (Å²) in [6, 6.07) is 0. The number of hydrogen-bond donors (Lipinski definition) is 3. The number of guanidine groups is 1. The molecule has 0 saturated carbocycles. The SMILES string of the molecule is NC1=NC(N2CCSCC2)=CC(N)N1OS(=O)(=O)O. The molecular weight excluding hydrogens is 294 g/mol. The number of nitrogens with zero attached hydrogens (tertiary/aromatic N) is 3. The minimum absolute atomic E-state index is 0.221. The first-order valence-corrected chi connectivity index (χ1v) is 7.99. The normalized spacial score (nSPS) is 25.1. The van der Waals surface area contributed by atoms with Crippen LogP contribution in [-0.4, -0.2) is 59.7 Å². The van der Waals surface area contributed by atoms with Crippen molar-refractivity contribution in [2.75, 3.05) is 24.6 Å². The summed E-state index contributed by atoms with van der Waals surface area (Å²) < 4.78 is 34.2. The van der Waals surface area contributed by atoms with Crippen LogP contribution in [0.15, 0.2) is 16.9 Å². The van der Waals surface area contributed by atoms with Crippen LogP contribution in [0.25, 0.3) is 0 Å². The second-order valence-corrected chi connectivity index (χ2v) is 6.14. The summed E-state index contributed by atoms with van der Waals surface area (Å²) in [6.07, 6.45) is 0.585. The molecule has 1 saturated heterocycles. The predicted molar refractivity (Wildman–Crippen MR) is 71.1 cm³/mol. The molecule has 108 valence electrons. The Hall–Kier alpha value is -1.01. The molecule has 0 radical (unpaired) electrons. The molecule has 5 N–H and O–H groups in total. The van der Waals surface area contributed by atoms with Crippen LogP contribution in [0.5, 0.6) is 0 Å². The Balaban J connectivity index is 2.13. The Morgan fingerprint density at radius 1 is 1.47 bits per heavy atom. The van der Waals surface area contributed by atoms with Crippen molar-refractivity contribution in [3.05, 3.63) is 11.9 Å². The average Bonchev–Trinajstić information content (AvgIpc) is 2.33. The van der Waals surface area contributed by atoms with Gasteiger partial charge in [0, 0.05) is 24.6 Å². The number of thioether (sulfide) groups is 1. The standard InChI is InChI=1S/C8H15N5O4S2/c9-6-5-7(12-1-3-18-4-2-12)11-8(10)13(6)17-19(14,15)16/h5-6H,1-4,9H2,(H2,10,11)(H,14,15,16). The lowest BCUT2D eigenvalue weighted by Crippen LogP contribution is -2.52. The van der Waals surface area contributed by atoms with Crippen LogP contribution in [0.4, 0.5) is 0 Å². The lowest BCUT2D eigenvalue weighted by atomic mass is 10.3. The zero-order valence-electron chi connectivity index (χ0n) is 9.97. The summed E-state index contributed by atoms with van der Waals surface area (Å²) >= 11 is 1.85. The first-order valence-electron chi connectivity index (χ1n) is 5.47. The number of nitrogens with two attached hydrogens (primary N) is 2. The van der Waals surface area contributed by atoms with Crippen molar-refractivity contribution in [2.24, 2.45) is 16.5 Å². The third-order valence-electron chi connectivity index (χ3n) is 2.56. The molecular formula is C8H15N5O4S2. The fourth-order valence-electron chi connectivity index (χ4n) is 1.73. The van der Waals surface area contributed by atoms with Gasteiger partial charge in [0.05, 0.1) is 0 Å². The van der Waals surface area contributed by atoms with Crippen molar-refractivity contribution in [2.45, 2.75) is 6.17 Å². The molecule has 0 aromatic heterocycles. The Kier molecular flexibility index (Phi) is 4.20. The van der Waals surface area contributed by atoms with Gasteiger partial charge in [-0.2, -0.15) is 30.2 Å². The predicted octanol–water partition coefficient (Wildman–Crippen LogP) is -1.47. The molecule has 1 unspecified atom stereocenters. The molecule has 9 nitrogen and oxygen atoms in total. The van der Waals surface area contributed by atoms with Gasteiger partial charge in [0.1, 0.15) is 12.0 Å². The van der Waals surface area contributed by atoms with Gasteiger partial charge in [-0.3, -0.25) is 4.55 Å². The molecule has 2 aliphatic rings. The van der Waals surface area contributed by atoms with Crippen molar-refractivity contribution in [1.82, 2.24) is 9.96 Å². The first-order chi connectivity index (χ1) is 8.87. The lowest BCUT2D eigenvalue weighted by molar-refractivity contribution is -0.0132. The highest BCUT2D eigenvalue weighted by atomic mass is 32.3. The van der Waals surface area contributed by atoms with Crippen LogP contribution < -0.4 is 11.5 Å². The molecule has 19 heavy (non-hydrogen) atoms. The average molecular weight is 309 g/mol. The molecule has 0 spiro atoms. The van der Waals surface area contributed by atoms with Crippen molar-refractivity contribution < 1.29 is 17.3 Å². The van der Waals surface area contributed by atoms with Gasteiger partial charge < -0.3 is 16.4 Å². The van der Waals surface area contributed by atoms with E-state index in [0.29, 0.717) is 10.9 Å². The first kappa shape index (κ1) is 14.4. The second-order valence-electron chi connectivity index (χ2n) is 3.91. The minimum Gasteiger partial charge on any atom is -0.368 e.